The smallest absolute Gasteiger partial charge is 0.113 e. The molecule has 0 bridgehead atoms. The molecule has 0 unspecified atom stereocenters. The third-order valence-corrected chi connectivity index (χ3v) is 1.74. The van der Waals surface area contributed by atoms with E-state index in [9.17, 15) is 0 Å². The van der Waals surface area contributed by atoms with Crippen LogP contribution in [0.3, 0.4) is 0 Å². The molecule has 3 heteroatoms. The maximum Gasteiger partial charge on any atom is 0.113 e. The number of nitrogens with two attached hydrogens (primary N) is 1. The molecule has 2 radical (unpaired) electrons. The van der Waals surface area contributed by atoms with Crippen molar-refractivity contribution in [3.8, 4) is 0 Å². The summed E-state index contributed by atoms with van der Waals surface area (Å²) in [7, 11) is 5.43. The molecule has 0 spiro atoms. The van der Waals surface area contributed by atoms with E-state index in [1.54, 1.807) is 12.1 Å². The van der Waals surface area contributed by atoms with Crippen LogP contribution < -0.4 is 11.2 Å². The van der Waals surface area contributed by atoms with Crippen molar-refractivity contribution >= 4 is 34.9 Å². The molecule has 0 saturated carbocycles. The summed E-state index contributed by atoms with van der Waals surface area (Å²) in [5, 5.41) is 0. The fourth-order valence-corrected chi connectivity index (χ4v) is 0.809. The van der Waals surface area contributed by atoms with Gasteiger partial charge in [-0.1, -0.05) is 11.5 Å². The van der Waals surface area contributed by atoms with E-state index in [1.807, 2.05) is 6.07 Å². The molecule has 1 aromatic rings. The first-order valence-electron chi connectivity index (χ1n) is 2.50. The van der Waals surface area contributed by atoms with E-state index in [4.69, 9.17) is 13.6 Å². The lowest BCUT2D eigenvalue weighted by Crippen LogP contribution is -2.02. The van der Waals surface area contributed by atoms with Crippen molar-refractivity contribution in [2.45, 2.75) is 0 Å². The number of hydrogen-bond acceptors (Lipinski definition) is 1. The second-order valence-corrected chi connectivity index (χ2v) is 2.64. The number of nitrogen functional groups attached to an aromatic ring is 1. The van der Waals surface area contributed by atoms with E-state index in [1.165, 1.54) is 0 Å². The van der Waals surface area contributed by atoms with Gasteiger partial charge in [-0.25, -0.2) is 0 Å². The molecule has 0 aliphatic carbocycles. The second-order valence-electron chi connectivity index (χ2n) is 1.78. The Balaban J connectivity index is 3.17. The lowest BCUT2D eigenvalue weighted by atomic mass is 9.96. The first-order chi connectivity index (χ1) is 4.20. The fourth-order valence-electron chi connectivity index (χ4n) is 0.562. The highest BCUT2D eigenvalue weighted by Gasteiger charge is 1.91. The molecule has 1 rings (SSSR count). The Kier molecular flexibility index (Phi) is 1.81. The van der Waals surface area contributed by atoms with Crippen LogP contribution in [0.2, 0.25) is 0 Å². The molecule has 1 aromatic carbocycles. The summed E-state index contributed by atoms with van der Waals surface area (Å²) < 4.78 is 0.886. The van der Waals surface area contributed by atoms with Crippen LogP contribution in [0, 0.1) is 0 Å². The molecule has 1 nitrogen and oxygen atoms in total. The van der Waals surface area contributed by atoms with Gasteiger partial charge in [-0.15, -0.1) is 0 Å². The minimum absolute atomic E-state index is 0.676. The lowest BCUT2D eigenvalue weighted by Gasteiger charge is -1.97. The highest BCUT2D eigenvalue weighted by molar-refractivity contribution is 9.10. The van der Waals surface area contributed by atoms with E-state index in [2.05, 4.69) is 15.9 Å². The molecule has 0 amide bonds. The molecular weight excluding hydrogens is 177 g/mol. The van der Waals surface area contributed by atoms with Crippen LogP contribution in [0.1, 0.15) is 0 Å². The summed E-state index contributed by atoms with van der Waals surface area (Å²) in [5.74, 6) is 0. The normalized spacial score (nSPS) is 9.44. The molecule has 0 saturated heterocycles. The number of anilines is 1. The minimum atomic E-state index is 0.676. The Morgan fingerprint density at radius 3 is 2.56 bits per heavy atom. The van der Waals surface area contributed by atoms with Gasteiger partial charge in [0.2, 0.25) is 0 Å². The monoisotopic (exact) mass is 181 g/mol. The number of halogens is 1. The summed E-state index contributed by atoms with van der Waals surface area (Å²) >= 11 is 3.25. The van der Waals surface area contributed by atoms with Crippen LogP contribution in [0.5, 0.6) is 0 Å². The highest BCUT2D eigenvalue weighted by atomic mass is 79.9. The van der Waals surface area contributed by atoms with Gasteiger partial charge in [-0.2, -0.15) is 0 Å². The molecule has 0 aliphatic rings. The van der Waals surface area contributed by atoms with E-state index in [0.717, 1.165) is 4.47 Å². The lowest BCUT2D eigenvalue weighted by molar-refractivity contribution is 1.67. The topological polar surface area (TPSA) is 26.0 Å². The van der Waals surface area contributed by atoms with E-state index in [-0.39, 0.29) is 0 Å². The average molecular weight is 182 g/mol. The van der Waals surface area contributed by atoms with E-state index in [0.29, 0.717) is 11.2 Å². The van der Waals surface area contributed by atoms with Gasteiger partial charge in [0.15, 0.2) is 0 Å². The van der Waals surface area contributed by atoms with Crippen LogP contribution in [-0.2, 0) is 0 Å². The van der Waals surface area contributed by atoms with Gasteiger partial charge in [0.1, 0.15) is 7.85 Å². The largest absolute Gasteiger partial charge is 0.398 e. The molecule has 2 N–H and O–H groups in total. The summed E-state index contributed by atoms with van der Waals surface area (Å²) in [6, 6.07) is 5.33. The minimum Gasteiger partial charge on any atom is -0.398 e. The Bertz CT molecular complexity index is 224. The van der Waals surface area contributed by atoms with Crippen molar-refractivity contribution in [1.82, 2.24) is 0 Å². The molecule has 0 aliphatic heterocycles. The van der Waals surface area contributed by atoms with E-state index < -0.39 is 0 Å². The van der Waals surface area contributed by atoms with Crippen molar-refractivity contribution in [1.29, 1.82) is 0 Å². The summed E-state index contributed by atoms with van der Waals surface area (Å²) in [5.41, 5.74) is 6.86. The average Bonchev–Trinajstić information content (AvgIpc) is 1.80. The van der Waals surface area contributed by atoms with Crippen molar-refractivity contribution in [3.63, 3.8) is 0 Å². The molecule has 44 valence electrons. The van der Waals surface area contributed by atoms with Gasteiger partial charge in [0.05, 0.1) is 0 Å². The Morgan fingerprint density at radius 2 is 2.11 bits per heavy atom. The number of rotatable bonds is 0. The van der Waals surface area contributed by atoms with Gasteiger partial charge in [-0.3, -0.25) is 0 Å². The fraction of sp³-hybridized carbons (Fsp3) is 0. The number of hydrogen-bond donors (Lipinski definition) is 1. The molecule has 0 fully saturated rings. The Hall–Kier alpha value is -0.435. The van der Waals surface area contributed by atoms with Crippen LogP contribution in [-0.4, -0.2) is 7.85 Å². The predicted molar refractivity (Wildman–Crippen MR) is 43.9 cm³/mol. The van der Waals surface area contributed by atoms with Crippen LogP contribution in [0.4, 0.5) is 5.69 Å². The van der Waals surface area contributed by atoms with Crippen molar-refractivity contribution in [2.75, 3.05) is 5.73 Å². The third kappa shape index (κ3) is 1.48. The van der Waals surface area contributed by atoms with Gasteiger partial charge in [-0.05, 0) is 28.1 Å². The molecule has 9 heavy (non-hydrogen) atoms. The van der Waals surface area contributed by atoms with Crippen LogP contribution in [0.15, 0.2) is 22.7 Å². The molecule has 0 heterocycles. The van der Waals surface area contributed by atoms with Crippen molar-refractivity contribution in [2.24, 2.45) is 0 Å². The highest BCUT2D eigenvalue weighted by Crippen LogP contribution is 2.15. The Morgan fingerprint density at radius 1 is 1.44 bits per heavy atom. The maximum absolute atomic E-state index is 5.49. The summed E-state index contributed by atoms with van der Waals surface area (Å²) in [4.78, 5) is 0. The van der Waals surface area contributed by atoms with E-state index >= 15 is 0 Å². The van der Waals surface area contributed by atoms with Crippen LogP contribution in [0.25, 0.3) is 0 Å². The van der Waals surface area contributed by atoms with Crippen LogP contribution >= 0.6 is 15.9 Å². The van der Waals surface area contributed by atoms with Gasteiger partial charge < -0.3 is 5.73 Å². The first-order valence-corrected chi connectivity index (χ1v) is 3.30. The van der Waals surface area contributed by atoms with Gasteiger partial charge in [0.25, 0.3) is 0 Å². The summed E-state index contributed by atoms with van der Waals surface area (Å²) in [6.07, 6.45) is 0. The second kappa shape index (κ2) is 2.44. The van der Waals surface area contributed by atoms with Gasteiger partial charge in [0, 0.05) is 10.2 Å². The zero-order chi connectivity index (χ0) is 6.85. The number of benzene rings is 1. The third-order valence-electron chi connectivity index (χ3n) is 1.02. The molecule has 0 atom stereocenters. The molecular formula is C6H5BBrN. The Labute approximate surface area is 63.8 Å². The standard InChI is InChI=1S/C6H5BBrN/c7-4-1-2-5(8)6(9)3-4/h1-3H,9H2. The molecule has 0 aromatic heterocycles. The first kappa shape index (κ1) is 6.68. The van der Waals surface area contributed by atoms with Crippen molar-refractivity contribution < 1.29 is 0 Å². The van der Waals surface area contributed by atoms with Crippen molar-refractivity contribution in [3.05, 3.63) is 22.7 Å². The zero-order valence-corrected chi connectivity index (χ0v) is 6.35. The zero-order valence-electron chi connectivity index (χ0n) is 4.76. The maximum atomic E-state index is 5.49. The summed E-state index contributed by atoms with van der Waals surface area (Å²) in [6.45, 7) is 0. The quantitative estimate of drug-likeness (QED) is 0.466. The predicted octanol–water partition coefficient (Wildman–Crippen LogP) is 0.825. The SMILES string of the molecule is [B]c1ccc(Br)c(N)c1. The van der Waals surface area contributed by atoms with Gasteiger partial charge >= 0.3 is 0 Å².